The monoisotopic (exact) mass is 284 g/mol. The Morgan fingerprint density at radius 2 is 1.94 bits per heavy atom. The first-order valence-corrected chi connectivity index (χ1v) is 6.97. The van der Waals surface area contributed by atoms with Crippen molar-refractivity contribution in [3.8, 4) is 5.75 Å². The molecule has 90 valence electrons. The lowest BCUT2D eigenvalue weighted by Crippen LogP contribution is -2.13. The molecule has 0 aliphatic rings. The Kier molecular flexibility index (Phi) is 5.33. The molecule has 2 heteroatoms. The zero-order valence-electron chi connectivity index (χ0n) is 10.6. The fourth-order valence-electron chi connectivity index (χ4n) is 1.63. The van der Waals surface area contributed by atoms with Crippen LogP contribution in [-0.2, 0) is 0 Å². The first kappa shape index (κ1) is 13.6. The third-order valence-corrected chi connectivity index (χ3v) is 3.95. The number of benzene rings is 1. The summed E-state index contributed by atoms with van der Waals surface area (Å²) in [5.74, 6) is 1.64. The fourth-order valence-corrected chi connectivity index (χ4v) is 2.27. The number of rotatable bonds is 5. The van der Waals surface area contributed by atoms with Crippen LogP contribution < -0.4 is 4.74 Å². The highest BCUT2D eigenvalue weighted by Crippen LogP contribution is 2.24. The number of hydrogen-bond acceptors (Lipinski definition) is 1. The quantitative estimate of drug-likeness (QED) is 0.728. The summed E-state index contributed by atoms with van der Waals surface area (Å²) in [6.45, 7) is 9.37. The third-order valence-electron chi connectivity index (χ3n) is 3.03. The Balaban J connectivity index is 2.73. The lowest BCUT2D eigenvalue weighted by molar-refractivity contribution is 0.258. The molecule has 0 saturated heterocycles. The molecule has 1 rings (SSSR count). The molecule has 1 atom stereocenters. The molecule has 0 amide bonds. The van der Waals surface area contributed by atoms with Gasteiger partial charge in [0.2, 0.25) is 0 Å². The molecule has 1 aromatic rings. The average molecular weight is 285 g/mol. The van der Waals surface area contributed by atoms with E-state index in [4.69, 9.17) is 4.74 Å². The van der Waals surface area contributed by atoms with E-state index in [-0.39, 0.29) is 0 Å². The molecule has 16 heavy (non-hydrogen) atoms. The predicted octanol–water partition coefficient (Wildman–Crippen LogP) is 4.41. The van der Waals surface area contributed by atoms with Gasteiger partial charge in [0.05, 0.1) is 6.61 Å². The maximum Gasteiger partial charge on any atom is 0.122 e. The van der Waals surface area contributed by atoms with Crippen LogP contribution in [0.2, 0.25) is 0 Å². The van der Waals surface area contributed by atoms with Crippen molar-refractivity contribution in [2.75, 3.05) is 11.9 Å². The van der Waals surface area contributed by atoms with E-state index >= 15 is 0 Å². The average Bonchev–Trinajstić information content (AvgIpc) is 2.26. The van der Waals surface area contributed by atoms with Gasteiger partial charge in [-0.3, -0.25) is 0 Å². The van der Waals surface area contributed by atoms with Crippen LogP contribution in [0.4, 0.5) is 0 Å². The molecule has 0 heterocycles. The molecule has 0 aliphatic heterocycles. The van der Waals surface area contributed by atoms with Crippen LogP contribution in [0, 0.1) is 26.7 Å². The van der Waals surface area contributed by atoms with Crippen molar-refractivity contribution in [1.29, 1.82) is 0 Å². The maximum atomic E-state index is 5.91. The van der Waals surface area contributed by atoms with Gasteiger partial charge in [-0.15, -0.1) is 0 Å². The number of ether oxygens (including phenoxy) is 1. The van der Waals surface area contributed by atoms with E-state index in [1.807, 2.05) is 0 Å². The summed E-state index contributed by atoms with van der Waals surface area (Å²) in [5.41, 5.74) is 3.84. The van der Waals surface area contributed by atoms with Gasteiger partial charge >= 0.3 is 0 Å². The van der Waals surface area contributed by atoms with Crippen LogP contribution in [0.25, 0.3) is 0 Å². The zero-order chi connectivity index (χ0) is 12.1. The lowest BCUT2D eigenvalue weighted by atomic mass is 10.1. The van der Waals surface area contributed by atoms with Gasteiger partial charge in [-0.1, -0.05) is 28.9 Å². The summed E-state index contributed by atoms with van der Waals surface area (Å²) in [6.07, 6.45) is 1.15. The molecular formula is C14H21BrO. The van der Waals surface area contributed by atoms with Crippen molar-refractivity contribution >= 4 is 15.9 Å². The molecule has 0 fully saturated rings. The van der Waals surface area contributed by atoms with E-state index < -0.39 is 0 Å². The van der Waals surface area contributed by atoms with Crippen molar-refractivity contribution < 1.29 is 4.74 Å². The molecule has 0 radical (unpaired) electrons. The first-order chi connectivity index (χ1) is 7.58. The summed E-state index contributed by atoms with van der Waals surface area (Å²) in [5, 5.41) is 1.01. The highest BCUT2D eigenvalue weighted by molar-refractivity contribution is 9.09. The van der Waals surface area contributed by atoms with E-state index in [1.54, 1.807) is 0 Å². The highest BCUT2D eigenvalue weighted by Gasteiger charge is 2.08. The van der Waals surface area contributed by atoms with E-state index in [0.29, 0.717) is 5.92 Å². The van der Waals surface area contributed by atoms with Crippen molar-refractivity contribution in [2.45, 2.75) is 34.1 Å². The van der Waals surface area contributed by atoms with Crippen LogP contribution in [0.1, 0.15) is 30.0 Å². The van der Waals surface area contributed by atoms with Crippen molar-refractivity contribution in [3.05, 3.63) is 28.8 Å². The van der Waals surface area contributed by atoms with Crippen molar-refractivity contribution in [1.82, 2.24) is 0 Å². The summed E-state index contributed by atoms with van der Waals surface area (Å²) < 4.78 is 5.91. The molecule has 1 nitrogen and oxygen atoms in total. The maximum absolute atomic E-state index is 5.91. The SMILES string of the molecule is CCC(CBr)COc1cc(C)cc(C)c1C. The van der Waals surface area contributed by atoms with E-state index in [9.17, 15) is 0 Å². The Labute approximate surface area is 107 Å². The second kappa shape index (κ2) is 6.29. The van der Waals surface area contributed by atoms with E-state index in [2.05, 4.69) is 55.8 Å². The van der Waals surface area contributed by atoms with Gasteiger partial charge in [0.15, 0.2) is 0 Å². The smallest absolute Gasteiger partial charge is 0.122 e. The van der Waals surface area contributed by atoms with Crippen molar-refractivity contribution in [3.63, 3.8) is 0 Å². The van der Waals surface area contributed by atoms with Gasteiger partial charge in [-0.05, 0) is 49.9 Å². The summed E-state index contributed by atoms with van der Waals surface area (Å²) in [4.78, 5) is 0. The van der Waals surface area contributed by atoms with E-state index in [0.717, 1.165) is 24.1 Å². The van der Waals surface area contributed by atoms with Gasteiger partial charge in [-0.2, -0.15) is 0 Å². The molecule has 1 unspecified atom stereocenters. The van der Waals surface area contributed by atoms with Gasteiger partial charge in [0, 0.05) is 11.2 Å². The van der Waals surface area contributed by atoms with Crippen LogP contribution in [0.5, 0.6) is 5.75 Å². The molecule has 0 N–H and O–H groups in total. The Bertz CT molecular complexity index is 343. The summed E-state index contributed by atoms with van der Waals surface area (Å²) in [7, 11) is 0. The largest absolute Gasteiger partial charge is 0.493 e. The summed E-state index contributed by atoms with van der Waals surface area (Å²) >= 11 is 3.52. The summed E-state index contributed by atoms with van der Waals surface area (Å²) in [6, 6.07) is 4.33. The number of aryl methyl sites for hydroxylation is 2. The molecule has 0 aromatic heterocycles. The molecule has 0 spiro atoms. The fraction of sp³-hybridized carbons (Fsp3) is 0.571. The highest BCUT2D eigenvalue weighted by atomic mass is 79.9. The van der Waals surface area contributed by atoms with Gasteiger partial charge in [-0.25, -0.2) is 0 Å². The molecule has 0 bridgehead atoms. The zero-order valence-corrected chi connectivity index (χ0v) is 12.2. The minimum atomic E-state index is 0.597. The molecule has 0 aliphatic carbocycles. The number of hydrogen-bond donors (Lipinski definition) is 0. The standard InChI is InChI=1S/C14H21BrO/c1-5-13(8-15)9-16-14-7-10(2)6-11(3)12(14)4/h6-7,13H,5,8-9H2,1-4H3. The minimum Gasteiger partial charge on any atom is -0.493 e. The second-order valence-electron chi connectivity index (χ2n) is 4.44. The molecule has 1 aromatic carbocycles. The minimum absolute atomic E-state index is 0.597. The van der Waals surface area contributed by atoms with Crippen LogP contribution in [0.3, 0.4) is 0 Å². The Morgan fingerprint density at radius 3 is 2.50 bits per heavy atom. The Hall–Kier alpha value is -0.500. The van der Waals surface area contributed by atoms with Gasteiger partial charge in [0.1, 0.15) is 5.75 Å². The second-order valence-corrected chi connectivity index (χ2v) is 5.09. The Morgan fingerprint density at radius 1 is 1.25 bits per heavy atom. The van der Waals surface area contributed by atoms with Gasteiger partial charge < -0.3 is 4.74 Å². The third kappa shape index (κ3) is 3.51. The van der Waals surface area contributed by atoms with Crippen molar-refractivity contribution in [2.24, 2.45) is 5.92 Å². The van der Waals surface area contributed by atoms with E-state index in [1.165, 1.54) is 16.7 Å². The predicted molar refractivity (Wildman–Crippen MR) is 73.7 cm³/mol. The van der Waals surface area contributed by atoms with Crippen LogP contribution >= 0.6 is 15.9 Å². The first-order valence-electron chi connectivity index (χ1n) is 5.85. The number of alkyl halides is 1. The normalized spacial score (nSPS) is 12.6. The van der Waals surface area contributed by atoms with Gasteiger partial charge in [0.25, 0.3) is 0 Å². The molecule has 0 saturated carbocycles. The van der Waals surface area contributed by atoms with Crippen LogP contribution in [-0.4, -0.2) is 11.9 Å². The van der Waals surface area contributed by atoms with Crippen LogP contribution in [0.15, 0.2) is 12.1 Å². The topological polar surface area (TPSA) is 9.23 Å². The molecular weight excluding hydrogens is 264 g/mol. The lowest BCUT2D eigenvalue weighted by Gasteiger charge is -2.16. The number of halogens is 1.